The fourth-order valence-electron chi connectivity index (χ4n) is 0. The van der Waals surface area contributed by atoms with Crippen LogP contribution in [0.4, 0.5) is 0 Å². The first kappa shape index (κ1) is 13.1. The minimum absolute atomic E-state index is 0.556. The molecule has 0 spiro atoms. The van der Waals surface area contributed by atoms with E-state index in [0.29, 0.717) is 0 Å². The summed E-state index contributed by atoms with van der Waals surface area (Å²) in [5, 5.41) is 0. The van der Waals surface area contributed by atoms with E-state index in [2.05, 4.69) is 24.6 Å². The van der Waals surface area contributed by atoms with Gasteiger partial charge in [-0.3, -0.25) is 0 Å². The maximum atomic E-state index is 4.89. The van der Waals surface area contributed by atoms with Gasteiger partial charge >= 0.3 is 35.6 Å². The van der Waals surface area contributed by atoms with Gasteiger partial charge < -0.3 is 11.5 Å². The normalized spacial score (nSPS) is 9.56. The first-order valence-corrected chi connectivity index (χ1v) is 9.85. The Bertz CT molecular complexity index is 57.0. The van der Waals surface area contributed by atoms with Gasteiger partial charge in [-0.15, -0.1) is 13.1 Å². The van der Waals surface area contributed by atoms with Crippen molar-refractivity contribution in [3.05, 3.63) is 11.5 Å². The van der Waals surface area contributed by atoms with Crippen LogP contribution < -0.4 is 0 Å². The summed E-state index contributed by atoms with van der Waals surface area (Å²) in [6.45, 7) is 8.07. The van der Waals surface area contributed by atoms with Gasteiger partial charge in [0.15, 0.2) is 0 Å². The van der Waals surface area contributed by atoms with E-state index in [4.69, 9.17) is 18.6 Å². The molecule has 0 aromatic heterocycles. The average Bonchev–Trinajstić information content (AvgIpc) is 1.67. The summed E-state index contributed by atoms with van der Waals surface area (Å²) in [6.07, 6.45) is 0. The molecule has 0 fully saturated rings. The zero-order chi connectivity index (χ0) is 7.91. The third-order valence-electron chi connectivity index (χ3n) is 0.605. The van der Waals surface area contributed by atoms with Crippen LogP contribution in [0.1, 0.15) is 0 Å². The molecule has 0 atom stereocenters. The Morgan fingerprint density at radius 3 is 1.56 bits per heavy atom. The van der Waals surface area contributed by atoms with Crippen LogP contribution in [-0.4, -0.2) is 15.3 Å². The van der Waals surface area contributed by atoms with Crippen molar-refractivity contribution in [1.29, 1.82) is 0 Å². The van der Waals surface area contributed by atoms with Gasteiger partial charge in [0, 0.05) is 0 Å². The van der Waals surface area contributed by atoms with Crippen LogP contribution >= 0.6 is 18.6 Å². The molecular formula is C4H11Cl2NSiTi-2. The molecule has 0 heterocycles. The van der Waals surface area contributed by atoms with E-state index in [1.54, 1.807) is 0 Å². The molecule has 0 amide bonds. The van der Waals surface area contributed by atoms with E-state index < -0.39 is 25.3 Å². The predicted octanol–water partition coefficient (Wildman–Crippen LogP) is 2.94. The molecule has 0 aliphatic carbocycles. The molecule has 5 heteroatoms. The van der Waals surface area contributed by atoms with Crippen molar-refractivity contribution in [1.82, 2.24) is 0 Å². The number of hydrogen-bond donors (Lipinski definition) is 0. The zero-order valence-corrected chi connectivity index (χ0v) is 9.98. The van der Waals surface area contributed by atoms with Crippen LogP contribution in [0.5, 0.6) is 0 Å². The van der Waals surface area contributed by atoms with Gasteiger partial charge in [0.25, 0.3) is 0 Å². The van der Waals surface area contributed by atoms with E-state index >= 15 is 0 Å². The van der Waals surface area contributed by atoms with Crippen molar-refractivity contribution in [3.63, 3.8) is 0 Å². The molecule has 0 unspecified atom stereocenters. The molecular weight excluding hydrogens is 209 g/mol. The average molecular weight is 220 g/mol. The second-order valence-corrected chi connectivity index (χ2v) is 8.76. The molecule has 9 heavy (non-hydrogen) atoms. The van der Waals surface area contributed by atoms with Crippen LogP contribution in [-0.2, 0) is 17.0 Å². The van der Waals surface area contributed by atoms with Crippen molar-refractivity contribution in [2.75, 3.05) is 7.05 Å². The summed E-state index contributed by atoms with van der Waals surface area (Å²) < 4.78 is 0. The summed E-state index contributed by atoms with van der Waals surface area (Å²) >= 11 is -0.556. The van der Waals surface area contributed by atoms with Gasteiger partial charge in [0.1, 0.15) is 0 Å². The summed E-state index contributed by atoms with van der Waals surface area (Å²) in [5.41, 5.74) is 0. The third-order valence-corrected chi connectivity index (χ3v) is 1.82. The molecule has 0 rings (SSSR count). The van der Waals surface area contributed by atoms with E-state index in [1.807, 2.05) is 7.05 Å². The molecule has 0 aliphatic rings. The van der Waals surface area contributed by atoms with Crippen LogP contribution in [0.25, 0.3) is 4.98 Å². The van der Waals surface area contributed by atoms with Gasteiger partial charge in [0.05, 0.1) is 0 Å². The Morgan fingerprint density at radius 1 is 1.44 bits per heavy atom. The van der Waals surface area contributed by atoms with Crippen molar-refractivity contribution >= 4 is 26.8 Å². The van der Waals surface area contributed by atoms with E-state index in [9.17, 15) is 0 Å². The molecule has 56 valence electrons. The number of halogens is 2. The molecule has 1 nitrogen and oxygen atoms in total. The summed E-state index contributed by atoms with van der Waals surface area (Å²) in [4.78, 5) is 4.05. The number of nitrogens with zero attached hydrogens (tertiary/aromatic N) is 1. The molecule has 0 aromatic rings. The van der Waals surface area contributed by atoms with Crippen LogP contribution in [0.2, 0.25) is 13.1 Å². The standard InChI is InChI=1S/C4H11NSi.2ClH.Ti/c1-5-6(2,3)4;;;/h2H2,1,3-4H3;2*1H;/q-2;;;+2/p-2. The van der Waals surface area contributed by atoms with Gasteiger partial charge in [-0.2, -0.15) is 7.05 Å². The Labute approximate surface area is 75.3 Å². The topological polar surface area (TPSA) is 14.1 Å². The van der Waals surface area contributed by atoms with Crippen molar-refractivity contribution in [3.8, 4) is 0 Å². The quantitative estimate of drug-likeness (QED) is 0.476. The van der Waals surface area contributed by atoms with E-state index in [0.717, 1.165) is 0 Å². The molecule has 0 bridgehead atoms. The molecule has 0 aliphatic heterocycles. The third kappa shape index (κ3) is 26.4. The van der Waals surface area contributed by atoms with Crippen molar-refractivity contribution in [2.24, 2.45) is 0 Å². The van der Waals surface area contributed by atoms with Crippen molar-refractivity contribution < 1.29 is 17.0 Å². The fraction of sp³-hybridized carbons (Fsp3) is 0.750. The van der Waals surface area contributed by atoms with Crippen molar-refractivity contribution in [2.45, 2.75) is 13.1 Å². The fourth-order valence-corrected chi connectivity index (χ4v) is 0. The summed E-state index contributed by atoms with van der Waals surface area (Å²) in [6, 6.07) is 0. The second kappa shape index (κ2) is 7.58. The summed E-state index contributed by atoms with van der Waals surface area (Å²) in [5.74, 6) is 0. The Kier molecular flexibility index (Phi) is 11.0. The number of rotatable bonds is 1. The summed E-state index contributed by atoms with van der Waals surface area (Å²) in [7, 11) is 10.4. The molecule has 0 aromatic carbocycles. The van der Waals surface area contributed by atoms with E-state index in [-0.39, 0.29) is 0 Å². The molecule has 0 radical (unpaired) electrons. The minimum atomic E-state index is -1.26. The maximum absolute atomic E-state index is 4.89. The van der Waals surface area contributed by atoms with Crippen LogP contribution in [0.3, 0.4) is 0 Å². The van der Waals surface area contributed by atoms with Crippen LogP contribution in [0, 0.1) is 6.55 Å². The van der Waals surface area contributed by atoms with E-state index in [1.165, 1.54) is 0 Å². The SMILES string of the molecule is [CH2-][Si](C)(C)[N-]C.[Cl][Ti][Cl]. The Hall–Kier alpha value is 1.47. The van der Waals surface area contributed by atoms with Gasteiger partial charge in [-0.05, 0) is 0 Å². The van der Waals surface area contributed by atoms with Gasteiger partial charge in [-0.25, -0.2) is 8.24 Å². The van der Waals surface area contributed by atoms with Gasteiger partial charge in [-0.1, -0.05) is 0 Å². The predicted molar refractivity (Wildman–Crippen MR) is 43.8 cm³/mol. The molecule has 0 saturated heterocycles. The number of hydrogen-bond acceptors (Lipinski definition) is 0. The zero-order valence-electron chi connectivity index (χ0n) is 5.91. The monoisotopic (exact) mass is 219 g/mol. The molecule has 0 N–H and O–H groups in total. The molecule has 0 saturated carbocycles. The van der Waals surface area contributed by atoms with Gasteiger partial charge in [0.2, 0.25) is 0 Å². The Balaban J connectivity index is 0. The first-order valence-electron chi connectivity index (χ1n) is 2.40. The Morgan fingerprint density at radius 2 is 1.56 bits per heavy atom. The second-order valence-electron chi connectivity index (χ2n) is 2.11. The van der Waals surface area contributed by atoms with Crippen LogP contribution in [0.15, 0.2) is 0 Å². The first-order chi connectivity index (χ1) is 3.97.